The molecule has 1 heterocycles. The van der Waals surface area contributed by atoms with E-state index in [0.29, 0.717) is 5.82 Å². The standard InChI is InChI=1S/C15H12N4O/c20-15-18-17-14(13-9-5-2-6-10-13)19(15)16-11-12-7-3-1-4-8-12/h1-11H,(H,18,20)/b16-11+. The van der Waals surface area contributed by atoms with E-state index in [1.807, 2.05) is 60.7 Å². The van der Waals surface area contributed by atoms with Gasteiger partial charge in [0.15, 0.2) is 5.82 Å². The molecule has 2 aromatic carbocycles. The van der Waals surface area contributed by atoms with E-state index in [4.69, 9.17) is 0 Å². The van der Waals surface area contributed by atoms with Crippen molar-refractivity contribution >= 4 is 6.21 Å². The molecule has 3 aromatic rings. The van der Waals surface area contributed by atoms with Crippen molar-refractivity contribution in [1.29, 1.82) is 0 Å². The Kier molecular flexibility index (Phi) is 3.24. The lowest BCUT2D eigenvalue weighted by Crippen LogP contribution is -2.13. The van der Waals surface area contributed by atoms with Gasteiger partial charge >= 0.3 is 5.69 Å². The molecule has 5 heteroatoms. The molecule has 0 saturated heterocycles. The number of rotatable bonds is 3. The van der Waals surface area contributed by atoms with Crippen LogP contribution in [-0.4, -0.2) is 21.1 Å². The highest BCUT2D eigenvalue weighted by Crippen LogP contribution is 2.13. The van der Waals surface area contributed by atoms with Crippen LogP contribution >= 0.6 is 0 Å². The summed E-state index contributed by atoms with van der Waals surface area (Å²) in [4.78, 5) is 11.8. The van der Waals surface area contributed by atoms with Gasteiger partial charge < -0.3 is 0 Å². The lowest BCUT2D eigenvalue weighted by molar-refractivity contribution is 0.842. The first kappa shape index (κ1) is 12.1. The molecule has 0 amide bonds. The van der Waals surface area contributed by atoms with Crippen molar-refractivity contribution in [1.82, 2.24) is 14.9 Å². The average molecular weight is 264 g/mol. The third kappa shape index (κ3) is 2.42. The van der Waals surface area contributed by atoms with Crippen LogP contribution in [0, 0.1) is 0 Å². The smallest absolute Gasteiger partial charge is 0.244 e. The molecule has 1 aromatic heterocycles. The number of aromatic amines is 1. The van der Waals surface area contributed by atoms with Gasteiger partial charge in [0.05, 0.1) is 6.21 Å². The molecular formula is C15H12N4O. The fourth-order valence-corrected chi connectivity index (χ4v) is 1.84. The van der Waals surface area contributed by atoms with E-state index in [1.165, 1.54) is 4.68 Å². The van der Waals surface area contributed by atoms with Crippen LogP contribution in [0.4, 0.5) is 0 Å². The molecule has 0 unspecified atom stereocenters. The van der Waals surface area contributed by atoms with Gasteiger partial charge in [-0.05, 0) is 5.56 Å². The molecule has 98 valence electrons. The van der Waals surface area contributed by atoms with E-state index in [-0.39, 0.29) is 5.69 Å². The Morgan fingerprint density at radius 2 is 1.65 bits per heavy atom. The number of hydrogen-bond donors (Lipinski definition) is 1. The summed E-state index contributed by atoms with van der Waals surface area (Å²) in [6.45, 7) is 0. The molecule has 20 heavy (non-hydrogen) atoms. The SMILES string of the molecule is O=c1[nH]nc(-c2ccccc2)n1/N=C/c1ccccc1. The Balaban J connectivity index is 2.01. The largest absolute Gasteiger partial charge is 0.364 e. The fraction of sp³-hybridized carbons (Fsp3) is 0. The van der Waals surface area contributed by atoms with E-state index in [1.54, 1.807) is 6.21 Å². The minimum atomic E-state index is -0.365. The highest BCUT2D eigenvalue weighted by atomic mass is 16.2. The van der Waals surface area contributed by atoms with E-state index in [2.05, 4.69) is 15.3 Å². The van der Waals surface area contributed by atoms with Crippen LogP contribution in [-0.2, 0) is 0 Å². The zero-order valence-corrected chi connectivity index (χ0v) is 10.6. The Bertz CT molecular complexity index is 772. The summed E-state index contributed by atoms with van der Waals surface area (Å²) >= 11 is 0. The lowest BCUT2D eigenvalue weighted by atomic mass is 10.2. The van der Waals surface area contributed by atoms with Crippen molar-refractivity contribution in [3.63, 3.8) is 0 Å². The van der Waals surface area contributed by atoms with Crippen LogP contribution in [0.5, 0.6) is 0 Å². The summed E-state index contributed by atoms with van der Waals surface area (Å²) < 4.78 is 1.25. The van der Waals surface area contributed by atoms with Gasteiger partial charge in [-0.25, -0.2) is 9.89 Å². The average Bonchev–Trinajstić information content (AvgIpc) is 2.88. The minimum Gasteiger partial charge on any atom is -0.244 e. The normalized spacial score (nSPS) is 11.0. The highest BCUT2D eigenvalue weighted by Gasteiger charge is 2.08. The molecule has 0 fully saturated rings. The summed E-state index contributed by atoms with van der Waals surface area (Å²) in [5, 5.41) is 10.6. The number of hydrogen-bond acceptors (Lipinski definition) is 3. The highest BCUT2D eigenvalue weighted by molar-refractivity contribution is 5.79. The molecule has 3 rings (SSSR count). The molecule has 0 atom stereocenters. The maximum atomic E-state index is 11.8. The van der Waals surface area contributed by atoms with Gasteiger partial charge in [0, 0.05) is 5.56 Å². The zero-order chi connectivity index (χ0) is 13.8. The van der Waals surface area contributed by atoms with Gasteiger partial charge in [-0.3, -0.25) is 0 Å². The van der Waals surface area contributed by atoms with Crippen LogP contribution in [0.2, 0.25) is 0 Å². The second-order valence-corrected chi connectivity index (χ2v) is 4.19. The summed E-state index contributed by atoms with van der Waals surface area (Å²) in [6, 6.07) is 19.0. The Morgan fingerprint density at radius 3 is 2.35 bits per heavy atom. The van der Waals surface area contributed by atoms with Crippen molar-refractivity contribution in [3.05, 3.63) is 76.7 Å². The predicted molar refractivity (Wildman–Crippen MR) is 77.7 cm³/mol. The molecule has 0 aliphatic carbocycles. The van der Waals surface area contributed by atoms with Crippen LogP contribution in [0.25, 0.3) is 11.4 Å². The minimum absolute atomic E-state index is 0.365. The number of nitrogens with zero attached hydrogens (tertiary/aromatic N) is 3. The van der Waals surface area contributed by atoms with Crippen LogP contribution < -0.4 is 5.69 Å². The van der Waals surface area contributed by atoms with Gasteiger partial charge in [0.1, 0.15) is 0 Å². The summed E-state index contributed by atoms with van der Waals surface area (Å²) in [5.41, 5.74) is 1.38. The quantitative estimate of drug-likeness (QED) is 0.736. The first-order chi connectivity index (χ1) is 9.84. The molecule has 5 nitrogen and oxygen atoms in total. The summed E-state index contributed by atoms with van der Waals surface area (Å²) in [6.07, 6.45) is 1.63. The molecule has 0 bridgehead atoms. The van der Waals surface area contributed by atoms with E-state index < -0.39 is 0 Å². The maximum Gasteiger partial charge on any atom is 0.364 e. The third-order valence-electron chi connectivity index (χ3n) is 2.80. The van der Waals surface area contributed by atoms with Crippen molar-refractivity contribution in [2.75, 3.05) is 0 Å². The van der Waals surface area contributed by atoms with E-state index >= 15 is 0 Å². The Morgan fingerprint density at radius 1 is 1.00 bits per heavy atom. The first-order valence-corrected chi connectivity index (χ1v) is 6.17. The van der Waals surface area contributed by atoms with Crippen molar-refractivity contribution in [2.45, 2.75) is 0 Å². The number of H-pyrrole nitrogens is 1. The predicted octanol–water partition coefficient (Wildman–Crippen LogP) is 2.12. The zero-order valence-electron chi connectivity index (χ0n) is 10.6. The van der Waals surface area contributed by atoms with Gasteiger partial charge in [-0.2, -0.15) is 14.9 Å². The molecule has 0 aliphatic rings. The number of aromatic nitrogens is 3. The van der Waals surface area contributed by atoms with Crippen molar-refractivity contribution in [3.8, 4) is 11.4 Å². The number of benzene rings is 2. The van der Waals surface area contributed by atoms with E-state index in [9.17, 15) is 4.79 Å². The van der Waals surface area contributed by atoms with Gasteiger partial charge in [0.2, 0.25) is 0 Å². The Hall–Kier alpha value is -2.95. The summed E-state index contributed by atoms with van der Waals surface area (Å²) in [7, 11) is 0. The van der Waals surface area contributed by atoms with Crippen LogP contribution in [0.15, 0.2) is 70.6 Å². The fourth-order valence-electron chi connectivity index (χ4n) is 1.84. The molecule has 0 spiro atoms. The summed E-state index contributed by atoms with van der Waals surface area (Å²) in [5.74, 6) is 0.489. The van der Waals surface area contributed by atoms with Gasteiger partial charge in [-0.1, -0.05) is 60.7 Å². The second kappa shape index (κ2) is 5.36. The molecule has 1 N–H and O–H groups in total. The molecular weight excluding hydrogens is 252 g/mol. The van der Waals surface area contributed by atoms with Crippen molar-refractivity contribution < 1.29 is 0 Å². The third-order valence-corrected chi connectivity index (χ3v) is 2.80. The van der Waals surface area contributed by atoms with Gasteiger partial charge in [-0.15, -0.1) is 0 Å². The molecule has 0 aliphatic heterocycles. The maximum absolute atomic E-state index is 11.8. The molecule has 0 radical (unpaired) electrons. The van der Waals surface area contributed by atoms with Crippen LogP contribution in [0.3, 0.4) is 0 Å². The van der Waals surface area contributed by atoms with Gasteiger partial charge in [0.25, 0.3) is 0 Å². The Labute approximate surface area is 115 Å². The monoisotopic (exact) mass is 264 g/mol. The topological polar surface area (TPSA) is 63.0 Å². The van der Waals surface area contributed by atoms with E-state index in [0.717, 1.165) is 11.1 Å². The van der Waals surface area contributed by atoms with Crippen LogP contribution in [0.1, 0.15) is 5.56 Å². The second-order valence-electron chi connectivity index (χ2n) is 4.19. The number of nitrogens with one attached hydrogen (secondary N) is 1. The van der Waals surface area contributed by atoms with Crippen molar-refractivity contribution in [2.24, 2.45) is 5.10 Å². The lowest BCUT2D eigenvalue weighted by Gasteiger charge is -1.99. The molecule has 0 saturated carbocycles. The first-order valence-electron chi connectivity index (χ1n) is 6.17.